The van der Waals surface area contributed by atoms with Crippen LogP contribution in [0.1, 0.15) is 19.8 Å². The minimum Gasteiger partial charge on any atom is -0.322 e. The van der Waals surface area contributed by atoms with Gasteiger partial charge in [-0.3, -0.25) is 14.5 Å². The molecular weight excluding hydrogens is 259 g/mol. The van der Waals surface area contributed by atoms with Crippen LogP contribution < -0.4 is 5.32 Å². The Kier molecular flexibility index (Phi) is 4.84. The first kappa shape index (κ1) is 14.7. The van der Waals surface area contributed by atoms with Crippen molar-refractivity contribution in [2.24, 2.45) is 5.92 Å². The van der Waals surface area contributed by atoms with Gasteiger partial charge < -0.3 is 5.32 Å². The van der Waals surface area contributed by atoms with Crippen LogP contribution in [0.5, 0.6) is 0 Å². The number of carbonyl (C=O) groups excluding carboxylic acids is 2. The molecule has 1 atom stereocenters. The van der Waals surface area contributed by atoms with E-state index < -0.39 is 5.82 Å². The second kappa shape index (κ2) is 6.61. The quantitative estimate of drug-likeness (QED) is 0.917. The molecule has 0 saturated carbocycles. The van der Waals surface area contributed by atoms with Crippen molar-refractivity contribution in [2.45, 2.75) is 19.8 Å². The molecule has 1 unspecified atom stereocenters. The van der Waals surface area contributed by atoms with Gasteiger partial charge in [-0.15, -0.1) is 0 Å². The predicted octanol–water partition coefficient (Wildman–Crippen LogP) is 2.07. The number of likely N-dealkylation sites (tertiary alicyclic amines) is 1. The average molecular weight is 278 g/mol. The lowest BCUT2D eigenvalue weighted by molar-refractivity contribution is -0.128. The van der Waals surface area contributed by atoms with E-state index >= 15 is 0 Å². The maximum Gasteiger partial charge on any atom is 0.238 e. The van der Waals surface area contributed by atoms with Gasteiger partial charge in [0.1, 0.15) is 11.6 Å². The molecule has 1 aromatic rings. The van der Waals surface area contributed by atoms with Crippen LogP contribution in [0.2, 0.25) is 0 Å². The van der Waals surface area contributed by atoms with Crippen molar-refractivity contribution in [1.29, 1.82) is 0 Å². The number of piperidine rings is 1. The highest BCUT2D eigenvalue weighted by Crippen LogP contribution is 2.16. The summed E-state index contributed by atoms with van der Waals surface area (Å²) < 4.78 is 13.4. The van der Waals surface area contributed by atoms with Gasteiger partial charge in [0.15, 0.2) is 0 Å². The van der Waals surface area contributed by atoms with Gasteiger partial charge in [-0.25, -0.2) is 4.39 Å². The second-order valence-corrected chi connectivity index (χ2v) is 5.08. The highest BCUT2D eigenvalue weighted by molar-refractivity contribution is 5.92. The molecule has 1 N–H and O–H groups in total. The van der Waals surface area contributed by atoms with E-state index in [0.29, 0.717) is 19.5 Å². The third-order valence-electron chi connectivity index (χ3n) is 3.62. The van der Waals surface area contributed by atoms with Gasteiger partial charge in [-0.05, 0) is 18.6 Å². The van der Waals surface area contributed by atoms with E-state index in [0.717, 1.165) is 6.42 Å². The van der Waals surface area contributed by atoms with Crippen LogP contribution in [-0.4, -0.2) is 36.2 Å². The van der Waals surface area contributed by atoms with Crippen LogP contribution in [0.4, 0.5) is 10.1 Å². The van der Waals surface area contributed by atoms with Gasteiger partial charge >= 0.3 is 0 Å². The molecular formula is C15H19FN2O2. The van der Waals surface area contributed by atoms with E-state index in [1.165, 1.54) is 12.1 Å². The standard InChI is InChI=1S/C15H19FN2O2/c1-2-11-9-18(8-7-14(11)19)10-15(20)17-13-6-4-3-5-12(13)16/h3-6,11H,2,7-10H2,1H3,(H,17,20). The van der Waals surface area contributed by atoms with Crippen molar-refractivity contribution >= 4 is 17.4 Å². The summed E-state index contributed by atoms with van der Waals surface area (Å²) in [6, 6.07) is 6.09. The number of benzene rings is 1. The van der Waals surface area contributed by atoms with Crippen LogP contribution in [0.25, 0.3) is 0 Å². The van der Waals surface area contributed by atoms with Crippen LogP contribution in [0.3, 0.4) is 0 Å². The molecule has 5 heteroatoms. The van der Waals surface area contributed by atoms with Crippen molar-refractivity contribution in [3.8, 4) is 0 Å². The molecule has 0 radical (unpaired) electrons. The maximum absolute atomic E-state index is 13.4. The molecule has 4 nitrogen and oxygen atoms in total. The van der Waals surface area contributed by atoms with Gasteiger partial charge in [0.2, 0.25) is 5.91 Å². The molecule has 1 heterocycles. The minimum atomic E-state index is -0.443. The van der Waals surface area contributed by atoms with Gasteiger partial charge in [0, 0.05) is 25.4 Å². The first-order valence-corrected chi connectivity index (χ1v) is 6.89. The van der Waals surface area contributed by atoms with E-state index in [-0.39, 0.29) is 29.8 Å². The number of rotatable bonds is 4. The predicted molar refractivity (Wildman–Crippen MR) is 74.9 cm³/mol. The summed E-state index contributed by atoms with van der Waals surface area (Å²) >= 11 is 0. The normalized spacial score (nSPS) is 19.9. The van der Waals surface area contributed by atoms with Gasteiger partial charge in [-0.1, -0.05) is 19.1 Å². The summed E-state index contributed by atoms with van der Waals surface area (Å²) in [6.45, 7) is 3.38. The van der Waals surface area contributed by atoms with E-state index in [4.69, 9.17) is 0 Å². The number of anilines is 1. The molecule has 0 bridgehead atoms. The molecule has 2 rings (SSSR count). The van der Waals surface area contributed by atoms with E-state index in [9.17, 15) is 14.0 Å². The first-order valence-electron chi connectivity index (χ1n) is 6.89. The Labute approximate surface area is 118 Å². The number of hydrogen-bond donors (Lipinski definition) is 1. The fourth-order valence-electron chi connectivity index (χ4n) is 2.43. The summed E-state index contributed by atoms with van der Waals surface area (Å²) in [6.07, 6.45) is 1.29. The van der Waals surface area contributed by atoms with Gasteiger partial charge in [0.05, 0.1) is 12.2 Å². The smallest absolute Gasteiger partial charge is 0.238 e. The summed E-state index contributed by atoms with van der Waals surface area (Å²) in [5, 5.41) is 2.56. The highest BCUT2D eigenvalue weighted by Gasteiger charge is 2.26. The largest absolute Gasteiger partial charge is 0.322 e. The summed E-state index contributed by atoms with van der Waals surface area (Å²) in [5.74, 6) is -0.399. The number of amides is 1. The molecule has 108 valence electrons. The van der Waals surface area contributed by atoms with Crippen LogP contribution >= 0.6 is 0 Å². The number of para-hydroxylation sites is 1. The van der Waals surface area contributed by atoms with E-state index in [1.807, 2.05) is 11.8 Å². The lowest BCUT2D eigenvalue weighted by Crippen LogP contribution is -2.44. The zero-order valence-corrected chi connectivity index (χ0v) is 11.6. The molecule has 1 fully saturated rings. The summed E-state index contributed by atoms with van der Waals surface area (Å²) in [7, 11) is 0. The number of nitrogens with zero attached hydrogens (tertiary/aromatic N) is 1. The van der Waals surface area contributed by atoms with Crippen LogP contribution in [0, 0.1) is 11.7 Å². The maximum atomic E-state index is 13.4. The third kappa shape index (κ3) is 3.63. The second-order valence-electron chi connectivity index (χ2n) is 5.08. The molecule has 1 amide bonds. The average Bonchev–Trinajstić information content (AvgIpc) is 2.43. The molecule has 0 spiro atoms. The molecule has 1 aliphatic rings. The fourth-order valence-corrected chi connectivity index (χ4v) is 2.43. The van der Waals surface area contributed by atoms with Crippen molar-refractivity contribution < 1.29 is 14.0 Å². The van der Waals surface area contributed by atoms with Crippen molar-refractivity contribution in [3.05, 3.63) is 30.1 Å². The fraction of sp³-hybridized carbons (Fsp3) is 0.467. The molecule has 0 aliphatic carbocycles. The van der Waals surface area contributed by atoms with Crippen LogP contribution in [-0.2, 0) is 9.59 Å². The monoisotopic (exact) mass is 278 g/mol. The Morgan fingerprint density at radius 2 is 2.20 bits per heavy atom. The Balaban J connectivity index is 1.89. The van der Waals surface area contributed by atoms with E-state index in [2.05, 4.69) is 5.32 Å². The lowest BCUT2D eigenvalue weighted by atomic mass is 9.94. The molecule has 0 aromatic heterocycles. The first-order chi connectivity index (χ1) is 9.60. The molecule has 1 aliphatic heterocycles. The molecule has 20 heavy (non-hydrogen) atoms. The minimum absolute atomic E-state index is 0.0185. The molecule has 1 aromatic carbocycles. The highest BCUT2D eigenvalue weighted by atomic mass is 19.1. The Hall–Kier alpha value is -1.75. The lowest BCUT2D eigenvalue weighted by Gasteiger charge is -2.30. The third-order valence-corrected chi connectivity index (χ3v) is 3.62. The van der Waals surface area contributed by atoms with Gasteiger partial charge in [0.25, 0.3) is 0 Å². The summed E-state index contributed by atoms with van der Waals surface area (Å²) in [4.78, 5) is 25.5. The van der Waals surface area contributed by atoms with Crippen molar-refractivity contribution in [1.82, 2.24) is 4.90 Å². The zero-order chi connectivity index (χ0) is 14.5. The summed E-state index contributed by atoms with van der Waals surface area (Å²) in [5.41, 5.74) is 0.192. The number of Topliss-reactive ketones (excluding diaryl/α,β-unsaturated/α-hetero) is 1. The van der Waals surface area contributed by atoms with Crippen molar-refractivity contribution in [3.63, 3.8) is 0 Å². The Morgan fingerprint density at radius 1 is 1.45 bits per heavy atom. The van der Waals surface area contributed by atoms with E-state index in [1.54, 1.807) is 12.1 Å². The molecule has 1 saturated heterocycles. The number of nitrogens with one attached hydrogen (secondary N) is 1. The number of ketones is 1. The Morgan fingerprint density at radius 3 is 2.90 bits per heavy atom. The topological polar surface area (TPSA) is 49.4 Å². The number of hydrogen-bond acceptors (Lipinski definition) is 3. The van der Waals surface area contributed by atoms with Gasteiger partial charge in [-0.2, -0.15) is 0 Å². The zero-order valence-electron chi connectivity index (χ0n) is 11.6. The number of carbonyl (C=O) groups is 2. The van der Waals surface area contributed by atoms with Crippen LogP contribution in [0.15, 0.2) is 24.3 Å². The Bertz CT molecular complexity index is 504. The van der Waals surface area contributed by atoms with Crippen molar-refractivity contribution in [2.75, 3.05) is 25.0 Å². The SMILES string of the molecule is CCC1CN(CC(=O)Nc2ccccc2F)CCC1=O. The number of halogens is 1.